The molecular formula is C12H9ClN2O5S. The molecule has 21 heavy (non-hydrogen) atoms. The minimum Gasteiger partial charge on any atom is -0.453 e. The molecule has 0 unspecified atom stereocenters. The van der Waals surface area contributed by atoms with Gasteiger partial charge < -0.3 is 9.30 Å². The standard InChI is InChI=1S/C12H9ClN2O5S/c1-14-5-7(15(18)19)4-8(14)12(17)20-6-9(16)10-2-3-11(13)21-10/h2-5H,6H2,1H3. The van der Waals surface area contributed by atoms with Gasteiger partial charge >= 0.3 is 5.97 Å². The number of ketones is 1. The summed E-state index contributed by atoms with van der Waals surface area (Å²) in [6, 6.07) is 4.20. The summed E-state index contributed by atoms with van der Waals surface area (Å²) in [5, 5.41) is 10.6. The summed E-state index contributed by atoms with van der Waals surface area (Å²) in [5.41, 5.74) is -0.223. The van der Waals surface area contributed by atoms with Crippen LogP contribution in [-0.4, -0.2) is 27.8 Å². The fraction of sp³-hybridized carbons (Fsp3) is 0.167. The molecule has 0 aliphatic rings. The summed E-state index contributed by atoms with van der Waals surface area (Å²) in [4.78, 5) is 33.9. The molecule has 2 rings (SSSR count). The quantitative estimate of drug-likeness (QED) is 0.364. The number of carbonyl (C=O) groups excluding carboxylic acids is 2. The lowest BCUT2D eigenvalue weighted by Crippen LogP contribution is -2.15. The number of nitrogens with zero attached hydrogens (tertiary/aromatic N) is 2. The molecule has 110 valence electrons. The van der Waals surface area contributed by atoms with Crippen LogP contribution in [0.2, 0.25) is 4.34 Å². The number of hydrogen-bond acceptors (Lipinski definition) is 6. The summed E-state index contributed by atoms with van der Waals surface area (Å²) < 4.78 is 6.59. The second-order valence-electron chi connectivity index (χ2n) is 4.05. The predicted molar refractivity (Wildman–Crippen MR) is 76.0 cm³/mol. The van der Waals surface area contributed by atoms with E-state index in [1.807, 2.05) is 0 Å². The van der Waals surface area contributed by atoms with E-state index in [1.54, 1.807) is 6.07 Å². The van der Waals surface area contributed by atoms with Gasteiger partial charge in [0.1, 0.15) is 5.69 Å². The van der Waals surface area contributed by atoms with E-state index in [0.29, 0.717) is 9.21 Å². The number of aryl methyl sites for hydroxylation is 1. The smallest absolute Gasteiger partial charge is 0.355 e. The van der Waals surface area contributed by atoms with Crippen molar-refractivity contribution >= 4 is 40.4 Å². The van der Waals surface area contributed by atoms with Gasteiger partial charge in [-0.25, -0.2) is 4.79 Å². The molecular weight excluding hydrogens is 320 g/mol. The lowest BCUT2D eigenvalue weighted by atomic mass is 10.3. The van der Waals surface area contributed by atoms with Gasteiger partial charge in [0.2, 0.25) is 5.78 Å². The van der Waals surface area contributed by atoms with E-state index in [4.69, 9.17) is 16.3 Å². The first-order chi connectivity index (χ1) is 9.88. The fourth-order valence-corrected chi connectivity index (χ4v) is 2.56. The Balaban J connectivity index is 2.02. The molecule has 0 N–H and O–H groups in total. The number of rotatable bonds is 5. The lowest BCUT2D eigenvalue weighted by Gasteiger charge is -2.03. The molecule has 0 aliphatic carbocycles. The minimum atomic E-state index is -0.804. The van der Waals surface area contributed by atoms with Crippen LogP contribution < -0.4 is 0 Å². The second kappa shape index (κ2) is 6.06. The van der Waals surface area contributed by atoms with Gasteiger partial charge in [0.05, 0.1) is 20.3 Å². The van der Waals surface area contributed by atoms with Gasteiger partial charge in [0.25, 0.3) is 5.69 Å². The Labute approximate surface area is 127 Å². The number of ether oxygens (including phenoxy) is 1. The molecule has 0 radical (unpaired) electrons. The molecule has 0 aromatic carbocycles. The molecule has 0 amide bonds. The first-order valence-electron chi connectivity index (χ1n) is 5.65. The summed E-state index contributed by atoms with van der Waals surface area (Å²) in [6.45, 7) is -0.450. The third-order valence-corrected chi connectivity index (χ3v) is 3.87. The average molecular weight is 329 g/mol. The number of Topliss-reactive ketones (excluding diaryl/α,β-unsaturated/α-hetero) is 1. The number of hydrogen-bond donors (Lipinski definition) is 0. The highest BCUT2D eigenvalue weighted by Crippen LogP contribution is 2.22. The maximum atomic E-state index is 11.8. The van der Waals surface area contributed by atoms with Crippen LogP contribution in [0.15, 0.2) is 24.4 Å². The van der Waals surface area contributed by atoms with E-state index >= 15 is 0 Å². The van der Waals surface area contributed by atoms with Crippen molar-refractivity contribution in [1.82, 2.24) is 4.57 Å². The van der Waals surface area contributed by atoms with E-state index in [0.717, 1.165) is 17.4 Å². The van der Waals surface area contributed by atoms with Gasteiger partial charge in [-0.2, -0.15) is 0 Å². The van der Waals surface area contributed by atoms with Crippen molar-refractivity contribution < 1.29 is 19.2 Å². The Morgan fingerprint density at radius 1 is 1.48 bits per heavy atom. The molecule has 0 bridgehead atoms. The molecule has 0 saturated heterocycles. The molecule has 2 aromatic heterocycles. The van der Waals surface area contributed by atoms with Crippen LogP contribution in [0, 0.1) is 10.1 Å². The van der Waals surface area contributed by atoms with Crippen molar-refractivity contribution in [3.63, 3.8) is 0 Å². The highest BCUT2D eigenvalue weighted by atomic mass is 35.5. The SMILES string of the molecule is Cn1cc([N+](=O)[O-])cc1C(=O)OCC(=O)c1ccc(Cl)s1. The number of carbonyl (C=O) groups is 2. The van der Waals surface area contributed by atoms with Crippen molar-refractivity contribution in [3.8, 4) is 0 Å². The van der Waals surface area contributed by atoms with Gasteiger partial charge in [-0.1, -0.05) is 11.6 Å². The minimum absolute atomic E-state index is 0.00119. The number of esters is 1. The lowest BCUT2D eigenvalue weighted by molar-refractivity contribution is -0.384. The molecule has 0 atom stereocenters. The van der Waals surface area contributed by atoms with Crippen LogP contribution in [0.1, 0.15) is 20.2 Å². The maximum Gasteiger partial charge on any atom is 0.355 e. The van der Waals surface area contributed by atoms with Gasteiger partial charge in [-0.3, -0.25) is 14.9 Å². The van der Waals surface area contributed by atoms with Gasteiger partial charge in [0, 0.05) is 13.1 Å². The van der Waals surface area contributed by atoms with E-state index in [2.05, 4.69) is 0 Å². The third kappa shape index (κ3) is 3.47. The van der Waals surface area contributed by atoms with Crippen molar-refractivity contribution in [3.05, 3.63) is 49.4 Å². The van der Waals surface area contributed by atoms with Crippen LogP contribution >= 0.6 is 22.9 Å². The summed E-state index contributed by atoms with van der Waals surface area (Å²) in [7, 11) is 1.48. The monoisotopic (exact) mass is 328 g/mol. The molecule has 0 aliphatic heterocycles. The third-order valence-electron chi connectivity index (χ3n) is 2.59. The zero-order chi connectivity index (χ0) is 15.6. The van der Waals surface area contributed by atoms with Crippen LogP contribution in [0.3, 0.4) is 0 Å². The number of halogens is 1. The summed E-state index contributed by atoms with van der Waals surface area (Å²) in [5.74, 6) is -1.19. The Hall–Kier alpha value is -2.19. The van der Waals surface area contributed by atoms with Crippen LogP contribution in [0.4, 0.5) is 5.69 Å². The summed E-state index contributed by atoms with van der Waals surface area (Å²) in [6.07, 6.45) is 1.19. The fourth-order valence-electron chi connectivity index (χ4n) is 1.59. The van der Waals surface area contributed by atoms with Crippen LogP contribution in [0.25, 0.3) is 0 Å². The highest BCUT2D eigenvalue weighted by Gasteiger charge is 2.20. The zero-order valence-corrected chi connectivity index (χ0v) is 12.3. The average Bonchev–Trinajstić information content (AvgIpc) is 3.02. The molecule has 2 aromatic rings. The Kier molecular flexibility index (Phi) is 4.39. The predicted octanol–water partition coefficient (Wildman–Crippen LogP) is 2.69. The second-order valence-corrected chi connectivity index (χ2v) is 5.77. The number of nitro groups is 1. The van der Waals surface area contributed by atoms with Gasteiger partial charge in [-0.15, -0.1) is 11.3 Å². The zero-order valence-electron chi connectivity index (χ0n) is 10.7. The largest absolute Gasteiger partial charge is 0.453 e. The molecule has 0 spiro atoms. The van der Waals surface area contributed by atoms with Crippen molar-refractivity contribution in [1.29, 1.82) is 0 Å². The van der Waals surface area contributed by atoms with Crippen LogP contribution in [0.5, 0.6) is 0 Å². The number of thiophene rings is 1. The molecule has 7 nitrogen and oxygen atoms in total. The normalized spacial score (nSPS) is 10.4. The van der Waals surface area contributed by atoms with Crippen molar-refractivity contribution in [2.75, 3.05) is 6.61 Å². The van der Waals surface area contributed by atoms with E-state index < -0.39 is 17.5 Å². The van der Waals surface area contributed by atoms with Crippen molar-refractivity contribution in [2.45, 2.75) is 0 Å². The van der Waals surface area contributed by atoms with Crippen molar-refractivity contribution in [2.24, 2.45) is 7.05 Å². The molecule has 0 saturated carbocycles. The number of aromatic nitrogens is 1. The first-order valence-corrected chi connectivity index (χ1v) is 6.84. The molecule has 9 heteroatoms. The van der Waals surface area contributed by atoms with E-state index in [9.17, 15) is 19.7 Å². The molecule has 0 fully saturated rings. The maximum absolute atomic E-state index is 11.8. The highest BCUT2D eigenvalue weighted by molar-refractivity contribution is 7.18. The van der Waals surface area contributed by atoms with Gasteiger partial charge in [0.15, 0.2) is 6.61 Å². The Morgan fingerprint density at radius 3 is 2.71 bits per heavy atom. The summed E-state index contributed by atoms with van der Waals surface area (Å²) >= 11 is 6.79. The van der Waals surface area contributed by atoms with E-state index in [-0.39, 0.29) is 17.2 Å². The Morgan fingerprint density at radius 2 is 2.19 bits per heavy atom. The van der Waals surface area contributed by atoms with Crippen LogP contribution in [-0.2, 0) is 11.8 Å². The van der Waals surface area contributed by atoms with E-state index in [1.165, 1.54) is 23.9 Å². The topological polar surface area (TPSA) is 91.4 Å². The van der Waals surface area contributed by atoms with Gasteiger partial charge in [-0.05, 0) is 12.1 Å². The Bertz CT molecular complexity index is 721. The first kappa shape index (κ1) is 15.2. The molecule has 2 heterocycles.